The summed E-state index contributed by atoms with van der Waals surface area (Å²) in [5.41, 5.74) is 9.04. The summed E-state index contributed by atoms with van der Waals surface area (Å²) in [6.07, 6.45) is 0. The third-order valence-corrected chi connectivity index (χ3v) is 9.48. The molecule has 0 amide bonds. The van der Waals surface area contributed by atoms with E-state index in [1.807, 2.05) is 60.7 Å². The minimum absolute atomic E-state index is 0.635. The van der Waals surface area contributed by atoms with E-state index in [2.05, 4.69) is 103 Å². The fourth-order valence-corrected chi connectivity index (χ4v) is 7.19. The van der Waals surface area contributed by atoms with Crippen molar-refractivity contribution in [3.63, 3.8) is 0 Å². The molecular weight excluding hydrogens is 599 g/mol. The van der Waals surface area contributed by atoms with Gasteiger partial charge >= 0.3 is 0 Å². The Kier molecular flexibility index (Phi) is 6.15. The number of aromatic nitrogens is 3. The largest absolute Gasteiger partial charge is 0.455 e. The van der Waals surface area contributed by atoms with Gasteiger partial charge in [0.25, 0.3) is 0 Å². The quantitative estimate of drug-likeness (QED) is 0.179. The summed E-state index contributed by atoms with van der Waals surface area (Å²) in [7, 11) is 0. The van der Waals surface area contributed by atoms with Gasteiger partial charge in [-0.2, -0.15) is 0 Å². The molecule has 0 atom stereocenters. The van der Waals surface area contributed by atoms with E-state index in [0.29, 0.717) is 17.5 Å². The zero-order valence-electron chi connectivity index (χ0n) is 26.3. The van der Waals surface area contributed by atoms with Crippen molar-refractivity contribution in [2.24, 2.45) is 0 Å². The molecule has 0 N–H and O–H groups in total. The molecule has 10 rings (SSSR count). The smallest absolute Gasteiger partial charge is 0.164 e. The van der Waals surface area contributed by atoms with Crippen LogP contribution in [0.5, 0.6) is 0 Å². The third-order valence-electron chi connectivity index (χ3n) is 9.48. The van der Waals surface area contributed by atoms with Crippen LogP contribution in [-0.2, 0) is 0 Å². The Balaban J connectivity index is 1.10. The van der Waals surface area contributed by atoms with Crippen LogP contribution in [0, 0.1) is 0 Å². The Labute approximate surface area is 282 Å². The molecule has 0 unspecified atom stereocenters. The molecule has 2 heterocycles. The maximum absolute atomic E-state index is 6.67. The van der Waals surface area contributed by atoms with Crippen molar-refractivity contribution in [3.8, 4) is 56.4 Å². The van der Waals surface area contributed by atoms with E-state index in [-0.39, 0.29) is 0 Å². The van der Waals surface area contributed by atoms with Gasteiger partial charge in [0.05, 0.1) is 0 Å². The van der Waals surface area contributed by atoms with Gasteiger partial charge in [-0.15, -0.1) is 0 Å². The van der Waals surface area contributed by atoms with Crippen LogP contribution in [0.25, 0.3) is 99.9 Å². The molecule has 49 heavy (non-hydrogen) atoms. The highest BCUT2D eigenvalue weighted by atomic mass is 16.3. The average molecular weight is 626 g/mol. The van der Waals surface area contributed by atoms with Gasteiger partial charge in [-0.05, 0) is 62.5 Å². The lowest BCUT2D eigenvalue weighted by molar-refractivity contribution is 0.670. The Hall–Kier alpha value is -6.65. The lowest BCUT2D eigenvalue weighted by atomic mass is 9.91. The number of fused-ring (bicyclic) bond motifs is 3. The Morgan fingerprint density at radius 3 is 1.45 bits per heavy atom. The first kappa shape index (κ1) is 27.5. The van der Waals surface area contributed by atoms with E-state index in [1.54, 1.807) is 0 Å². The minimum Gasteiger partial charge on any atom is -0.455 e. The molecule has 0 bridgehead atoms. The number of furan rings is 1. The summed E-state index contributed by atoms with van der Waals surface area (Å²) < 4.78 is 6.67. The lowest BCUT2D eigenvalue weighted by Crippen LogP contribution is -2.00. The zero-order valence-corrected chi connectivity index (χ0v) is 26.3. The van der Waals surface area contributed by atoms with Crippen LogP contribution < -0.4 is 0 Å². The third kappa shape index (κ3) is 4.49. The maximum Gasteiger partial charge on any atom is 0.164 e. The predicted molar refractivity (Wildman–Crippen MR) is 200 cm³/mol. The van der Waals surface area contributed by atoms with Crippen LogP contribution in [0.1, 0.15) is 0 Å². The van der Waals surface area contributed by atoms with Gasteiger partial charge in [0.2, 0.25) is 0 Å². The van der Waals surface area contributed by atoms with Crippen molar-refractivity contribution in [3.05, 3.63) is 164 Å². The van der Waals surface area contributed by atoms with Crippen LogP contribution in [0.3, 0.4) is 0 Å². The van der Waals surface area contributed by atoms with Gasteiger partial charge in [-0.1, -0.05) is 140 Å². The normalized spacial score (nSPS) is 11.7. The summed E-state index contributed by atoms with van der Waals surface area (Å²) in [6.45, 7) is 0. The van der Waals surface area contributed by atoms with Crippen LogP contribution in [0.2, 0.25) is 0 Å². The van der Waals surface area contributed by atoms with Gasteiger partial charge in [-0.3, -0.25) is 0 Å². The molecule has 0 aliphatic heterocycles. The van der Waals surface area contributed by atoms with E-state index in [0.717, 1.165) is 50.1 Å². The van der Waals surface area contributed by atoms with Crippen molar-refractivity contribution in [1.29, 1.82) is 0 Å². The lowest BCUT2D eigenvalue weighted by Gasteiger charge is -2.11. The molecule has 0 aliphatic carbocycles. The summed E-state index contributed by atoms with van der Waals surface area (Å²) in [5.74, 6) is 1.93. The van der Waals surface area contributed by atoms with Crippen LogP contribution >= 0.6 is 0 Å². The average Bonchev–Trinajstić information content (AvgIpc) is 3.58. The highest BCUT2D eigenvalue weighted by Crippen LogP contribution is 2.45. The first-order valence-electron chi connectivity index (χ1n) is 16.4. The van der Waals surface area contributed by atoms with Crippen LogP contribution in [0.4, 0.5) is 0 Å². The molecule has 10 aromatic rings. The van der Waals surface area contributed by atoms with Gasteiger partial charge in [-0.25, -0.2) is 15.0 Å². The fraction of sp³-hybridized carbons (Fsp3) is 0. The predicted octanol–water partition coefficient (Wildman–Crippen LogP) is 11.9. The zero-order chi connectivity index (χ0) is 32.3. The standard InChI is InChI=1S/C45H27N3O/c1-3-12-28(13-4-1)43-46-44(29-14-5-2-6-15-29)48-45(47-43)33-19-10-17-31(27-33)30-16-9-18-32(26-30)34-24-25-38-36-21-8-7-20-35(36)37-22-11-23-39-40(37)41(38)42(34)49-39/h1-27H. The molecule has 0 aliphatic rings. The number of hydrogen-bond acceptors (Lipinski definition) is 4. The first-order chi connectivity index (χ1) is 24.3. The van der Waals surface area contributed by atoms with Gasteiger partial charge < -0.3 is 4.42 Å². The second kappa shape index (κ2) is 11.0. The summed E-state index contributed by atoms with van der Waals surface area (Å²) in [4.78, 5) is 14.8. The maximum atomic E-state index is 6.67. The van der Waals surface area contributed by atoms with E-state index in [4.69, 9.17) is 19.4 Å². The van der Waals surface area contributed by atoms with E-state index in [9.17, 15) is 0 Å². The Morgan fingerprint density at radius 1 is 0.327 bits per heavy atom. The summed E-state index contributed by atoms with van der Waals surface area (Å²) in [6, 6.07) is 56.8. The second-order valence-electron chi connectivity index (χ2n) is 12.4. The molecule has 4 heteroatoms. The Bertz CT molecular complexity index is 2760. The molecule has 228 valence electrons. The minimum atomic E-state index is 0.635. The summed E-state index contributed by atoms with van der Waals surface area (Å²) >= 11 is 0. The Morgan fingerprint density at radius 2 is 0.796 bits per heavy atom. The highest BCUT2D eigenvalue weighted by molar-refractivity contribution is 6.34. The number of rotatable bonds is 5. The molecule has 0 spiro atoms. The van der Waals surface area contributed by atoms with E-state index >= 15 is 0 Å². The topological polar surface area (TPSA) is 51.8 Å². The SMILES string of the molecule is c1ccc(-c2nc(-c3ccccc3)nc(-c3cccc(-c4cccc(-c5ccc6c7ccccc7c7cccc8oc5c6c87)c4)c3)n2)cc1. The molecule has 0 saturated carbocycles. The molecule has 0 radical (unpaired) electrons. The van der Waals surface area contributed by atoms with Crippen molar-refractivity contribution in [2.75, 3.05) is 0 Å². The summed E-state index contributed by atoms with van der Waals surface area (Å²) in [5, 5.41) is 7.33. The van der Waals surface area contributed by atoms with Gasteiger partial charge in [0.1, 0.15) is 11.2 Å². The molecular formula is C45H27N3O. The van der Waals surface area contributed by atoms with E-state index < -0.39 is 0 Å². The molecule has 8 aromatic carbocycles. The van der Waals surface area contributed by atoms with Crippen molar-refractivity contribution >= 4 is 43.5 Å². The number of nitrogens with zero attached hydrogens (tertiary/aromatic N) is 3. The molecule has 4 nitrogen and oxygen atoms in total. The van der Waals surface area contributed by atoms with Gasteiger partial charge in [0.15, 0.2) is 17.5 Å². The first-order valence-corrected chi connectivity index (χ1v) is 16.4. The van der Waals surface area contributed by atoms with Gasteiger partial charge in [0, 0.05) is 33.0 Å². The van der Waals surface area contributed by atoms with Crippen molar-refractivity contribution in [1.82, 2.24) is 15.0 Å². The van der Waals surface area contributed by atoms with Crippen molar-refractivity contribution in [2.45, 2.75) is 0 Å². The highest BCUT2D eigenvalue weighted by Gasteiger charge is 2.20. The molecule has 0 saturated heterocycles. The van der Waals surface area contributed by atoms with E-state index in [1.165, 1.54) is 32.3 Å². The van der Waals surface area contributed by atoms with Crippen LogP contribution in [0.15, 0.2) is 168 Å². The molecule has 2 aromatic heterocycles. The number of benzene rings is 8. The van der Waals surface area contributed by atoms with Crippen LogP contribution in [-0.4, -0.2) is 15.0 Å². The number of hydrogen-bond donors (Lipinski definition) is 0. The fourth-order valence-electron chi connectivity index (χ4n) is 7.19. The monoisotopic (exact) mass is 625 g/mol. The van der Waals surface area contributed by atoms with Crippen molar-refractivity contribution < 1.29 is 4.42 Å². The molecule has 0 fully saturated rings. The second-order valence-corrected chi connectivity index (χ2v) is 12.4.